The minimum atomic E-state index is 0.566. The molecule has 2 unspecified atom stereocenters. The highest BCUT2D eigenvalue weighted by atomic mass is 16.5. The molecule has 0 aromatic carbocycles. The van der Waals surface area contributed by atoms with E-state index >= 15 is 0 Å². The highest BCUT2D eigenvalue weighted by Gasteiger charge is 2.27. The second-order valence-corrected chi connectivity index (χ2v) is 5.21. The van der Waals surface area contributed by atoms with Crippen molar-refractivity contribution >= 4 is 0 Å². The first kappa shape index (κ1) is 11.4. The third-order valence-electron chi connectivity index (χ3n) is 3.77. The summed E-state index contributed by atoms with van der Waals surface area (Å²) in [7, 11) is 0. The Bertz CT molecular complexity index is 173. The Kier molecular flexibility index (Phi) is 4.45. The average Bonchev–Trinajstić information content (AvgIpc) is 3.09. The van der Waals surface area contributed by atoms with Crippen molar-refractivity contribution in [3.63, 3.8) is 0 Å². The molecule has 0 spiro atoms. The molecule has 2 fully saturated rings. The average molecular weight is 211 g/mol. The van der Waals surface area contributed by atoms with Gasteiger partial charge in [0.25, 0.3) is 0 Å². The van der Waals surface area contributed by atoms with Crippen LogP contribution in [-0.4, -0.2) is 25.3 Å². The van der Waals surface area contributed by atoms with Crippen LogP contribution in [0, 0.1) is 5.92 Å². The van der Waals surface area contributed by atoms with Gasteiger partial charge in [0.2, 0.25) is 0 Å². The quantitative estimate of drug-likeness (QED) is 0.682. The van der Waals surface area contributed by atoms with E-state index in [2.05, 4.69) is 12.2 Å². The molecule has 2 rings (SSSR count). The van der Waals surface area contributed by atoms with Crippen LogP contribution in [0.3, 0.4) is 0 Å². The minimum absolute atomic E-state index is 0.566. The van der Waals surface area contributed by atoms with Crippen LogP contribution in [0.4, 0.5) is 0 Å². The molecule has 2 heteroatoms. The molecule has 0 aromatic heterocycles. The fourth-order valence-corrected chi connectivity index (χ4v) is 2.46. The van der Waals surface area contributed by atoms with Gasteiger partial charge in [-0.05, 0) is 64.3 Å². The Hall–Kier alpha value is -0.0800. The number of rotatable bonds is 6. The van der Waals surface area contributed by atoms with Crippen LogP contribution in [-0.2, 0) is 4.74 Å². The Morgan fingerprint density at radius 1 is 1.27 bits per heavy atom. The van der Waals surface area contributed by atoms with Crippen molar-refractivity contribution in [1.82, 2.24) is 5.32 Å². The Morgan fingerprint density at radius 2 is 2.13 bits per heavy atom. The molecule has 1 saturated carbocycles. The molecule has 2 aliphatic rings. The second-order valence-electron chi connectivity index (χ2n) is 5.21. The molecule has 2 atom stereocenters. The van der Waals surface area contributed by atoms with Crippen LogP contribution in [0.5, 0.6) is 0 Å². The van der Waals surface area contributed by atoms with E-state index in [9.17, 15) is 0 Å². The molecule has 2 nitrogen and oxygen atoms in total. The predicted octanol–water partition coefficient (Wildman–Crippen LogP) is 2.72. The Labute approximate surface area is 93.8 Å². The largest absolute Gasteiger partial charge is 0.378 e. The maximum Gasteiger partial charge on any atom is 0.0575 e. The topological polar surface area (TPSA) is 21.3 Å². The third-order valence-corrected chi connectivity index (χ3v) is 3.77. The van der Waals surface area contributed by atoms with E-state index in [1.165, 1.54) is 51.5 Å². The van der Waals surface area contributed by atoms with Gasteiger partial charge in [0.1, 0.15) is 0 Å². The van der Waals surface area contributed by atoms with E-state index in [1.807, 2.05) is 0 Å². The molecule has 0 aromatic rings. The van der Waals surface area contributed by atoms with Crippen LogP contribution in [0.1, 0.15) is 51.9 Å². The van der Waals surface area contributed by atoms with Gasteiger partial charge < -0.3 is 10.1 Å². The zero-order chi connectivity index (χ0) is 10.5. The Morgan fingerprint density at radius 3 is 2.80 bits per heavy atom. The molecule has 0 amide bonds. The number of ether oxygens (including phenoxy) is 1. The number of nitrogens with one attached hydrogen (secondary N) is 1. The minimum Gasteiger partial charge on any atom is -0.378 e. The molecule has 88 valence electrons. The monoisotopic (exact) mass is 211 g/mol. The molecule has 0 bridgehead atoms. The lowest BCUT2D eigenvalue weighted by atomic mass is 10.0. The molecular formula is C13H25NO. The smallest absolute Gasteiger partial charge is 0.0575 e. The molecule has 1 heterocycles. The van der Waals surface area contributed by atoms with Crippen molar-refractivity contribution in [2.75, 3.05) is 13.2 Å². The number of hydrogen-bond acceptors (Lipinski definition) is 2. The van der Waals surface area contributed by atoms with Crippen LogP contribution in [0.25, 0.3) is 0 Å². The lowest BCUT2D eigenvalue weighted by Gasteiger charge is -2.22. The van der Waals surface area contributed by atoms with Gasteiger partial charge >= 0.3 is 0 Å². The van der Waals surface area contributed by atoms with E-state index in [1.54, 1.807) is 0 Å². The summed E-state index contributed by atoms with van der Waals surface area (Å²) in [5, 5.41) is 3.63. The predicted molar refractivity (Wildman–Crippen MR) is 63.0 cm³/mol. The molecular weight excluding hydrogens is 186 g/mol. The highest BCUT2D eigenvalue weighted by molar-refractivity contribution is 4.83. The summed E-state index contributed by atoms with van der Waals surface area (Å²) in [6.07, 6.45) is 9.92. The van der Waals surface area contributed by atoms with Gasteiger partial charge in [-0.2, -0.15) is 0 Å². The number of hydrogen-bond donors (Lipinski definition) is 1. The van der Waals surface area contributed by atoms with Crippen molar-refractivity contribution in [3.05, 3.63) is 0 Å². The van der Waals surface area contributed by atoms with Crippen molar-refractivity contribution in [1.29, 1.82) is 0 Å². The van der Waals surface area contributed by atoms with Gasteiger partial charge in [0.15, 0.2) is 0 Å². The summed E-state index contributed by atoms with van der Waals surface area (Å²) < 4.78 is 5.72. The van der Waals surface area contributed by atoms with Gasteiger partial charge in [-0.25, -0.2) is 0 Å². The summed E-state index contributed by atoms with van der Waals surface area (Å²) in [5.74, 6) is 0.982. The summed E-state index contributed by atoms with van der Waals surface area (Å²) in [6, 6.07) is 0.747. The second kappa shape index (κ2) is 5.86. The fraction of sp³-hybridized carbons (Fsp3) is 1.00. The van der Waals surface area contributed by atoms with Crippen LogP contribution < -0.4 is 5.32 Å². The standard InChI is InChI=1S/C13H25NO/c1-11(12-7-8-12)14-9-4-6-13-5-2-3-10-15-13/h11-14H,2-10H2,1H3. The lowest BCUT2D eigenvalue weighted by molar-refractivity contribution is 0.0101. The maximum atomic E-state index is 5.72. The van der Waals surface area contributed by atoms with Crippen molar-refractivity contribution in [2.45, 2.75) is 64.0 Å². The molecule has 1 saturated heterocycles. The van der Waals surface area contributed by atoms with Crippen LogP contribution >= 0.6 is 0 Å². The first-order chi connectivity index (χ1) is 7.36. The van der Waals surface area contributed by atoms with Crippen LogP contribution in [0.15, 0.2) is 0 Å². The normalized spacial score (nSPS) is 29.0. The lowest BCUT2D eigenvalue weighted by Crippen LogP contribution is -2.29. The van der Waals surface area contributed by atoms with E-state index in [0.29, 0.717) is 6.10 Å². The zero-order valence-corrected chi connectivity index (χ0v) is 10.0. The highest BCUT2D eigenvalue weighted by Crippen LogP contribution is 2.32. The van der Waals surface area contributed by atoms with Crippen molar-refractivity contribution in [2.24, 2.45) is 5.92 Å². The summed E-state index contributed by atoms with van der Waals surface area (Å²) >= 11 is 0. The van der Waals surface area contributed by atoms with Gasteiger partial charge in [-0.1, -0.05) is 0 Å². The summed E-state index contributed by atoms with van der Waals surface area (Å²) in [4.78, 5) is 0. The third kappa shape index (κ3) is 4.12. The van der Waals surface area contributed by atoms with Gasteiger partial charge in [-0.15, -0.1) is 0 Å². The SMILES string of the molecule is CC(NCCCC1CCCCO1)C1CC1. The summed E-state index contributed by atoms with van der Waals surface area (Å²) in [6.45, 7) is 4.50. The van der Waals surface area contributed by atoms with E-state index in [0.717, 1.165) is 18.6 Å². The first-order valence-electron chi connectivity index (χ1n) is 6.71. The molecule has 15 heavy (non-hydrogen) atoms. The van der Waals surface area contributed by atoms with E-state index < -0.39 is 0 Å². The Balaban J connectivity index is 1.46. The van der Waals surface area contributed by atoms with Crippen molar-refractivity contribution < 1.29 is 4.74 Å². The maximum absolute atomic E-state index is 5.72. The van der Waals surface area contributed by atoms with Gasteiger partial charge in [0.05, 0.1) is 6.10 Å². The van der Waals surface area contributed by atoms with Gasteiger partial charge in [-0.3, -0.25) is 0 Å². The fourth-order valence-electron chi connectivity index (χ4n) is 2.46. The first-order valence-corrected chi connectivity index (χ1v) is 6.71. The zero-order valence-electron chi connectivity index (χ0n) is 10.0. The van der Waals surface area contributed by atoms with E-state index in [-0.39, 0.29) is 0 Å². The molecule has 1 aliphatic heterocycles. The van der Waals surface area contributed by atoms with E-state index in [4.69, 9.17) is 4.74 Å². The summed E-state index contributed by atoms with van der Waals surface area (Å²) in [5.41, 5.74) is 0. The van der Waals surface area contributed by atoms with Crippen LogP contribution in [0.2, 0.25) is 0 Å². The van der Waals surface area contributed by atoms with Crippen molar-refractivity contribution in [3.8, 4) is 0 Å². The molecule has 1 aliphatic carbocycles. The molecule has 0 radical (unpaired) electrons. The molecule has 1 N–H and O–H groups in total. The van der Waals surface area contributed by atoms with Gasteiger partial charge in [0, 0.05) is 12.6 Å².